The Bertz CT molecular complexity index is 625. The van der Waals surface area contributed by atoms with Crippen molar-refractivity contribution >= 4 is 19.1 Å². The van der Waals surface area contributed by atoms with Crippen LogP contribution in [0.15, 0.2) is 23.0 Å². The average Bonchev–Trinajstić information content (AvgIpc) is 2.58. The van der Waals surface area contributed by atoms with E-state index in [0.29, 0.717) is 12.1 Å². The third-order valence-electron chi connectivity index (χ3n) is 2.97. The van der Waals surface area contributed by atoms with E-state index in [0.717, 1.165) is 11.6 Å². The van der Waals surface area contributed by atoms with Crippen molar-refractivity contribution in [3.63, 3.8) is 0 Å². The summed E-state index contributed by atoms with van der Waals surface area (Å²) in [7, 11) is -1.11. The minimum absolute atomic E-state index is 0.139. The fourth-order valence-electron chi connectivity index (χ4n) is 1.81. The SMILES string of the molecule is C[Si](C)(C)CCOCn1c(=O)[nH]c2cc(O)ccc21. The average molecular weight is 280 g/mol. The lowest BCUT2D eigenvalue weighted by Gasteiger charge is -2.15. The van der Waals surface area contributed by atoms with Crippen molar-refractivity contribution in [3.8, 4) is 5.75 Å². The van der Waals surface area contributed by atoms with Crippen molar-refractivity contribution in [2.45, 2.75) is 32.4 Å². The lowest BCUT2D eigenvalue weighted by molar-refractivity contribution is 0.0878. The Labute approximate surface area is 112 Å². The molecule has 2 aromatic rings. The summed E-state index contributed by atoms with van der Waals surface area (Å²) in [6.45, 7) is 7.78. The molecule has 5 nitrogen and oxygen atoms in total. The van der Waals surface area contributed by atoms with Gasteiger partial charge in [-0.3, -0.25) is 4.57 Å². The predicted molar refractivity (Wildman–Crippen MR) is 78.3 cm³/mol. The highest BCUT2D eigenvalue weighted by Crippen LogP contribution is 2.17. The summed E-state index contributed by atoms with van der Waals surface area (Å²) in [5, 5.41) is 9.38. The van der Waals surface area contributed by atoms with Crippen LogP contribution in [0.4, 0.5) is 0 Å². The molecule has 0 fully saturated rings. The van der Waals surface area contributed by atoms with Gasteiger partial charge in [-0.1, -0.05) is 19.6 Å². The molecule has 2 N–H and O–H groups in total. The smallest absolute Gasteiger partial charge is 0.328 e. The Kier molecular flexibility index (Phi) is 3.82. The second-order valence-corrected chi connectivity index (χ2v) is 11.5. The highest BCUT2D eigenvalue weighted by molar-refractivity contribution is 6.76. The summed E-state index contributed by atoms with van der Waals surface area (Å²) in [5.41, 5.74) is 1.16. The highest BCUT2D eigenvalue weighted by atomic mass is 28.3. The lowest BCUT2D eigenvalue weighted by atomic mass is 10.3. The molecule has 1 aromatic carbocycles. The maximum absolute atomic E-state index is 11.8. The van der Waals surface area contributed by atoms with Gasteiger partial charge in [-0.05, 0) is 18.2 Å². The van der Waals surface area contributed by atoms with E-state index in [4.69, 9.17) is 4.74 Å². The molecule has 19 heavy (non-hydrogen) atoms. The molecule has 0 saturated heterocycles. The summed E-state index contributed by atoms with van der Waals surface area (Å²) in [6.07, 6.45) is 0. The number of imidazole rings is 1. The third-order valence-corrected chi connectivity index (χ3v) is 4.68. The monoisotopic (exact) mass is 280 g/mol. The van der Waals surface area contributed by atoms with Gasteiger partial charge in [0.25, 0.3) is 0 Å². The van der Waals surface area contributed by atoms with Crippen LogP contribution >= 0.6 is 0 Å². The van der Waals surface area contributed by atoms with Gasteiger partial charge in [0.05, 0.1) is 11.0 Å². The summed E-state index contributed by atoms with van der Waals surface area (Å²) < 4.78 is 7.13. The highest BCUT2D eigenvalue weighted by Gasteiger charge is 2.13. The van der Waals surface area contributed by atoms with Gasteiger partial charge in [0.1, 0.15) is 12.5 Å². The lowest BCUT2D eigenvalue weighted by Crippen LogP contribution is -2.23. The van der Waals surface area contributed by atoms with Gasteiger partial charge >= 0.3 is 5.69 Å². The van der Waals surface area contributed by atoms with E-state index in [9.17, 15) is 9.90 Å². The molecule has 6 heteroatoms. The summed E-state index contributed by atoms with van der Waals surface area (Å²) >= 11 is 0. The molecular weight excluding hydrogens is 260 g/mol. The number of nitrogens with one attached hydrogen (secondary N) is 1. The Morgan fingerprint density at radius 2 is 2.11 bits per heavy atom. The minimum Gasteiger partial charge on any atom is -0.508 e. The van der Waals surface area contributed by atoms with Crippen LogP contribution in [0.1, 0.15) is 0 Å². The van der Waals surface area contributed by atoms with Crippen molar-refractivity contribution < 1.29 is 9.84 Å². The van der Waals surface area contributed by atoms with Gasteiger partial charge in [0, 0.05) is 20.7 Å². The first-order valence-electron chi connectivity index (χ1n) is 6.36. The number of phenolic OH excluding ortho intramolecular Hbond substituents is 1. The largest absolute Gasteiger partial charge is 0.508 e. The normalized spacial score (nSPS) is 12.2. The van der Waals surface area contributed by atoms with Crippen LogP contribution in [-0.2, 0) is 11.5 Å². The van der Waals surface area contributed by atoms with Gasteiger partial charge < -0.3 is 14.8 Å². The number of hydrogen-bond acceptors (Lipinski definition) is 3. The standard InChI is InChI=1S/C13H20N2O3Si/c1-19(2,3)7-6-18-9-15-12-5-4-10(16)8-11(12)14-13(15)17/h4-5,8,16H,6-7,9H2,1-3H3,(H,14,17). The topological polar surface area (TPSA) is 67.2 Å². The second kappa shape index (κ2) is 5.22. The fraction of sp³-hybridized carbons (Fsp3) is 0.462. The van der Waals surface area contributed by atoms with E-state index in [1.807, 2.05) is 0 Å². The molecule has 0 atom stereocenters. The molecule has 0 saturated carbocycles. The zero-order chi connectivity index (χ0) is 14.0. The molecule has 0 spiro atoms. The van der Waals surface area contributed by atoms with Gasteiger partial charge in [0.2, 0.25) is 0 Å². The number of H-pyrrole nitrogens is 1. The molecule has 0 aliphatic rings. The predicted octanol–water partition coefficient (Wildman–Crippen LogP) is 2.35. The summed E-state index contributed by atoms with van der Waals surface area (Å²) in [5.74, 6) is 0.139. The fourth-order valence-corrected chi connectivity index (χ4v) is 2.57. The number of aromatic hydroxyl groups is 1. The number of rotatable bonds is 5. The first-order chi connectivity index (χ1) is 8.87. The maximum Gasteiger partial charge on any atom is 0.328 e. The molecule has 0 radical (unpaired) electrons. The Morgan fingerprint density at radius 3 is 2.79 bits per heavy atom. The second-order valence-electron chi connectivity index (χ2n) is 5.91. The van der Waals surface area contributed by atoms with Crippen LogP contribution in [0.2, 0.25) is 25.7 Å². The van der Waals surface area contributed by atoms with Crippen molar-refractivity contribution in [2.24, 2.45) is 0 Å². The summed E-state index contributed by atoms with van der Waals surface area (Å²) in [6, 6.07) is 5.89. The van der Waals surface area contributed by atoms with Crippen molar-refractivity contribution in [3.05, 3.63) is 28.7 Å². The number of phenols is 1. The number of benzene rings is 1. The number of hydrogen-bond donors (Lipinski definition) is 2. The van der Waals surface area contributed by atoms with E-state index in [-0.39, 0.29) is 18.2 Å². The molecule has 1 aromatic heterocycles. The molecule has 0 amide bonds. The summed E-state index contributed by atoms with van der Waals surface area (Å²) in [4.78, 5) is 14.5. The quantitative estimate of drug-likeness (QED) is 0.652. The number of aromatic amines is 1. The Hall–Kier alpha value is -1.53. The number of fused-ring (bicyclic) bond motifs is 1. The number of aromatic nitrogens is 2. The third kappa shape index (κ3) is 3.48. The van der Waals surface area contributed by atoms with Gasteiger partial charge in [-0.2, -0.15) is 0 Å². The van der Waals surface area contributed by atoms with E-state index < -0.39 is 8.07 Å². The Morgan fingerprint density at radius 1 is 1.37 bits per heavy atom. The molecule has 0 aliphatic carbocycles. The van der Waals surface area contributed by atoms with E-state index in [1.54, 1.807) is 16.7 Å². The zero-order valence-corrected chi connectivity index (χ0v) is 12.6. The molecule has 0 unspecified atom stereocenters. The number of nitrogens with zero attached hydrogens (tertiary/aromatic N) is 1. The van der Waals surface area contributed by atoms with E-state index in [1.165, 1.54) is 6.07 Å². The molecule has 2 rings (SSSR count). The van der Waals surface area contributed by atoms with Crippen molar-refractivity contribution in [1.29, 1.82) is 0 Å². The molecular formula is C13H20N2O3Si. The Balaban J connectivity index is 2.09. The van der Waals surface area contributed by atoms with E-state index >= 15 is 0 Å². The van der Waals surface area contributed by atoms with Crippen LogP contribution in [0.5, 0.6) is 5.75 Å². The van der Waals surface area contributed by atoms with Crippen molar-refractivity contribution in [1.82, 2.24) is 9.55 Å². The van der Waals surface area contributed by atoms with Gasteiger partial charge in [-0.25, -0.2) is 4.79 Å². The minimum atomic E-state index is -1.11. The molecule has 0 bridgehead atoms. The number of ether oxygens (including phenoxy) is 1. The van der Waals surface area contributed by atoms with Crippen LogP contribution in [0.3, 0.4) is 0 Å². The van der Waals surface area contributed by atoms with Crippen LogP contribution in [-0.4, -0.2) is 29.3 Å². The van der Waals surface area contributed by atoms with E-state index in [2.05, 4.69) is 24.6 Å². The first kappa shape index (κ1) is 13.9. The molecule has 1 heterocycles. The molecule has 0 aliphatic heterocycles. The zero-order valence-electron chi connectivity index (χ0n) is 11.6. The van der Waals surface area contributed by atoms with Crippen LogP contribution in [0, 0.1) is 0 Å². The van der Waals surface area contributed by atoms with Crippen molar-refractivity contribution in [2.75, 3.05) is 6.61 Å². The first-order valence-corrected chi connectivity index (χ1v) is 10.1. The maximum atomic E-state index is 11.8. The van der Waals surface area contributed by atoms with Crippen LogP contribution in [0.25, 0.3) is 11.0 Å². The van der Waals surface area contributed by atoms with Gasteiger partial charge in [0.15, 0.2) is 0 Å². The van der Waals surface area contributed by atoms with Gasteiger partial charge in [-0.15, -0.1) is 0 Å². The van der Waals surface area contributed by atoms with Crippen LogP contribution < -0.4 is 5.69 Å². The molecule has 104 valence electrons.